The number of ether oxygens (including phenoxy) is 1. The van der Waals surface area contributed by atoms with E-state index in [1.54, 1.807) is 12.1 Å². The minimum Gasteiger partial charge on any atom is -0.489 e. The molecule has 3 aromatic rings. The van der Waals surface area contributed by atoms with Gasteiger partial charge in [0.05, 0.1) is 5.69 Å². The highest BCUT2D eigenvalue weighted by Crippen LogP contribution is 2.27. The molecule has 0 unspecified atom stereocenters. The molecule has 28 heavy (non-hydrogen) atoms. The molecule has 5 nitrogen and oxygen atoms in total. The molecule has 0 atom stereocenters. The summed E-state index contributed by atoms with van der Waals surface area (Å²) in [6, 6.07) is 13.4. The second-order valence-corrected chi connectivity index (χ2v) is 6.39. The van der Waals surface area contributed by atoms with Crippen LogP contribution in [-0.2, 0) is 19.8 Å². The molecule has 0 aliphatic carbocycles. The molecule has 0 radical (unpaired) electrons. The number of hydrogen-bond donors (Lipinski definition) is 0. The van der Waals surface area contributed by atoms with Crippen LogP contribution in [0.4, 0.5) is 13.2 Å². The van der Waals surface area contributed by atoms with Gasteiger partial charge in [0.25, 0.3) is 5.56 Å². The molecular weight excluding hydrogens is 397 g/mol. The number of hydrogen-bond acceptors (Lipinski definition) is 3. The van der Waals surface area contributed by atoms with Gasteiger partial charge >= 0.3 is 11.9 Å². The Bertz CT molecular complexity index is 1100. The molecule has 0 spiro atoms. The summed E-state index contributed by atoms with van der Waals surface area (Å²) in [4.78, 5) is 24.4. The lowest BCUT2D eigenvalue weighted by molar-refractivity contribution is -0.144. The van der Waals surface area contributed by atoms with Crippen LogP contribution in [0.2, 0.25) is 5.02 Å². The van der Waals surface area contributed by atoms with Crippen molar-refractivity contribution in [3.8, 4) is 11.4 Å². The third-order valence-corrected chi connectivity index (χ3v) is 4.28. The molecule has 0 N–H and O–H groups in total. The Hall–Kier alpha value is -3.00. The van der Waals surface area contributed by atoms with Crippen LogP contribution in [0.5, 0.6) is 5.75 Å². The van der Waals surface area contributed by atoms with Crippen molar-refractivity contribution in [2.75, 3.05) is 0 Å². The third kappa shape index (κ3) is 4.12. The molecule has 0 saturated carbocycles. The Labute approximate surface area is 162 Å². The number of benzene rings is 2. The van der Waals surface area contributed by atoms with Crippen LogP contribution in [0.25, 0.3) is 5.69 Å². The Morgan fingerprint density at radius 2 is 1.61 bits per heavy atom. The Morgan fingerprint density at radius 3 is 2.18 bits per heavy atom. The van der Waals surface area contributed by atoms with Crippen LogP contribution in [0.3, 0.4) is 0 Å². The first-order valence-electron chi connectivity index (χ1n) is 8.05. The minimum absolute atomic E-state index is 0.137. The van der Waals surface area contributed by atoms with Crippen molar-refractivity contribution in [3.05, 3.63) is 91.7 Å². The van der Waals surface area contributed by atoms with Gasteiger partial charge in [-0.15, -0.1) is 0 Å². The van der Waals surface area contributed by atoms with E-state index in [9.17, 15) is 22.8 Å². The van der Waals surface area contributed by atoms with Crippen LogP contribution < -0.4 is 16.0 Å². The van der Waals surface area contributed by atoms with E-state index >= 15 is 0 Å². The fraction of sp³-hybridized carbons (Fsp3) is 0.158. The van der Waals surface area contributed by atoms with Gasteiger partial charge in [0.1, 0.15) is 18.1 Å². The lowest BCUT2D eigenvalue weighted by Gasteiger charge is -2.14. The number of nitrogens with zero attached hydrogens (tertiary/aromatic N) is 2. The van der Waals surface area contributed by atoms with Crippen molar-refractivity contribution in [3.63, 3.8) is 0 Å². The monoisotopic (exact) mass is 410 g/mol. The average molecular weight is 411 g/mol. The molecule has 0 aliphatic heterocycles. The van der Waals surface area contributed by atoms with Crippen molar-refractivity contribution in [2.24, 2.45) is 7.05 Å². The second kappa shape index (κ2) is 7.55. The highest BCUT2D eigenvalue weighted by Gasteiger charge is 2.35. The minimum atomic E-state index is -4.80. The molecule has 1 aromatic heterocycles. The smallest absolute Gasteiger partial charge is 0.431 e. The maximum absolute atomic E-state index is 12.9. The first-order valence-corrected chi connectivity index (χ1v) is 8.42. The maximum atomic E-state index is 12.9. The zero-order chi connectivity index (χ0) is 20.5. The zero-order valence-electron chi connectivity index (χ0n) is 14.5. The molecule has 0 aliphatic rings. The average Bonchev–Trinajstić information content (AvgIpc) is 2.64. The summed E-state index contributed by atoms with van der Waals surface area (Å²) in [6.45, 7) is 0.276. The van der Waals surface area contributed by atoms with Crippen LogP contribution >= 0.6 is 11.6 Å². The van der Waals surface area contributed by atoms with E-state index in [1.807, 2.05) is 12.1 Å². The number of alkyl halides is 3. The molecule has 3 rings (SSSR count). The second-order valence-electron chi connectivity index (χ2n) is 5.95. The van der Waals surface area contributed by atoms with Crippen molar-refractivity contribution in [2.45, 2.75) is 12.8 Å². The predicted octanol–water partition coefficient (Wildman–Crippen LogP) is 3.79. The molecule has 0 saturated heterocycles. The van der Waals surface area contributed by atoms with Gasteiger partial charge < -0.3 is 4.74 Å². The summed E-state index contributed by atoms with van der Waals surface area (Å²) in [5, 5.41) is 0.608. The molecule has 0 amide bonds. The molecular formula is C19H14ClF3N2O3. The number of aromatic nitrogens is 2. The highest BCUT2D eigenvalue weighted by molar-refractivity contribution is 6.30. The van der Waals surface area contributed by atoms with Crippen molar-refractivity contribution >= 4 is 11.6 Å². The Morgan fingerprint density at radius 1 is 1.00 bits per heavy atom. The maximum Gasteiger partial charge on any atom is 0.431 e. The normalized spacial score (nSPS) is 11.5. The zero-order valence-corrected chi connectivity index (χ0v) is 15.3. The SMILES string of the molecule is Cn1c(C(F)(F)F)cc(=O)n(-c2ccc(OCc3ccc(Cl)cc3)cc2)c1=O. The largest absolute Gasteiger partial charge is 0.489 e. The third-order valence-electron chi connectivity index (χ3n) is 4.02. The summed E-state index contributed by atoms with van der Waals surface area (Å²) in [6.07, 6.45) is -4.80. The van der Waals surface area contributed by atoms with Gasteiger partial charge in [-0.05, 0) is 42.0 Å². The quantitative estimate of drug-likeness (QED) is 0.657. The van der Waals surface area contributed by atoms with Crippen LogP contribution in [-0.4, -0.2) is 9.13 Å². The van der Waals surface area contributed by atoms with E-state index in [1.165, 1.54) is 24.3 Å². The molecule has 146 valence electrons. The predicted molar refractivity (Wildman–Crippen MR) is 98.1 cm³/mol. The summed E-state index contributed by atoms with van der Waals surface area (Å²) in [5.41, 5.74) is -2.43. The summed E-state index contributed by atoms with van der Waals surface area (Å²) < 4.78 is 45.4. The standard InChI is InChI=1S/C19H14ClF3N2O3/c1-24-16(19(21,22)23)10-17(26)25(18(24)27)14-6-8-15(9-7-14)28-11-12-2-4-13(20)5-3-12/h2-10H,11H2,1H3. The van der Waals surface area contributed by atoms with Crippen molar-refractivity contribution in [1.29, 1.82) is 0 Å². The van der Waals surface area contributed by atoms with E-state index in [2.05, 4.69) is 0 Å². The summed E-state index contributed by atoms with van der Waals surface area (Å²) in [7, 11) is 0.963. The van der Waals surface area contributed by atoms with E-state index in [0.717, 1.165) is 12.6 Å². The molecule has 0 fully saturated rings. The lowest BCUT2D eigenvalue weighted by atomic mass is 10.2. The van der Waals surface area contributed by atoms with Crippen LogP contribution in [0.15, 0.2) is 64.2 Å². The fourth-order valence-electron chi connectivity index (χ4n) is 2.57. The van der Waals surface area contributed by atoms with E-state index in [0.29, 0.717) is 26.0 Å². The first-order chi connectivity index (χ1) is 13.2. The molecule has 0 bridgehead atoms. The van der Waals surface area contributed by atoms with Gasteiger partial charge in [-0.2, -0.15) is 13.2 Å². The summed E-state index contributed by atoms with van der Waals surface area (Å²) in [5.74, 6) is 0.468. The van der Waals surface area contributed by atoms with Gasteiger partial charge in [0, 0.05) is 18.1 Å². The highest BCUT2D eigenvalue weighted by atomic mass is 35.5. The molecule has 2 aromatic carbocycles. The molecule has 9 heteroatoms. The van der Waals surface area contributed by atoms with Gasteiger partial charge in [-0.1, -0.05) is 23.7 Å². The van der Waals surface area contributed by atoms with Gasteiger partial charge in [0.15, 0.2) is 0 Å². The van der Waals surface area contributed by atoms with Gasteiger partial charge in [0.2, 0.25) is 0 Å². The number of rotatable bonds is 4. The topological polar surface area (TPSA) is 53.2 Å². The Balaban J connectivity index is 1.85. The van der Waals surface area contributed by atoms with E-state index in [-0.39, 0.29) is 12.3 Å². The van der Waals surface area contributed by atoms with Crippen molar-refractivity contribution in [1.82, 2.24) is 9.13 Å². The van der Waals surface area contributed by atoms with E-state index in [4.69, 9.17) is 16.3 Å². The Kier molecular flexibility index (Phi) is 5.33. The molecule has 1 heterocycles. The number of halogens is 4. The van der Waals surface area contributed by atoms with Gasteiger partial charge in [-0.3, -0.25) is 9.36 Å². The lowest BCUT2D eigenvalue weighted by Crippen LogP contribution is -2.40. The van der Waals surface area contributed by atoms with Crippen molar-refractivity contribution < 1.29 is 17.9 Å². The fourth-order valence-corrected chi connectivity index (χ4v) is 2.70. The van der Waals surface area contributed by atoms with Crippen LogP contribution in [0.1, 0.15) is 11.3 Å². The van der Waals surface area contributed by atoms with Gasteiger partial charge in [-0.25, -0.2) is 9.36 Å². The van der Waals surface area contributed by atoms with Crippen LogP contribution in [0, 0.1) is 0 Å². The summed E-state index contributed by atoms with van der Waals surface area (Å²) >= 11 is 5.82. The first kappa shape index (κ1) is 19.8. The van der Waals surface area contributed by atoms with E-state index < -0.39 is 23.1 Å².